The van der Waals surface area contributed by atoms with Crippen LogP contribution in [0.3, 0.4) is 0 Å². The molecule has 1 atom stereocenters. The molecule has 23 heavy (non-hydrogen) atoms. The van der Waals surface area contributed by atoms with Gasteiger partial charge in [-0.1, -0.05) is 13.3 Å². The lowest BCUT2D eigenvalue weighted by Crippen LogP contribution is -2.27. The lowest BCUT2D eigenvalue weighted by atomic mass is 10.1. The van der Waals surface area contributed by atoms with Crippen LogP contribution in [0.4, 0.5) is 5.69 Å². The van der Waals surface area contributed by atoms with E-state index in [1.54, 1.807) is 0 Å². The third-order valence-corrected chi connectivity index (χ3v) is 4.77. The third-order valence-electron chi connectivity index (χ3n) is 3.27. The van der Waals surface area contributed by atoms with Crippen molar-refractivity contribution in [3.05, 3.63) is 23.8 Å². The Balaban J connectivity index is 3.17. The average molecular weight is 344 g/mol. The fourth-order valence-corrected chi connectivity index (χ4v) is 3.40. The minimum Gasteiger partial charge on any atom is -0.478 e. The van der Waals surface area contributed by atoms with Gasteiger partial charge in [0.25, 0.3) is 0 Å². The van der Waals surface area contributed by atoms with Crippen LogP contribution in [0.25, 0.3) is 0 Å². The molecule has 130 valence electrons. The number of anilines is 1. The van der Waals surface area contributed by atoms with Gasteiger partial charge in [-0.2, -0.15) is 0 Å². The molecular weight excluding hydrogens is 320 g/mol. The van der Waals surface area contributed by atoms with E-state index in [1.165, 1.54) is 12.1 Å². The van der Waals surface area contributed by atoms with Crippen molar-refractivity contribution in [1.29, 1.82) is 0 Å². The highest BCUT2D eigenvalue weighted by atomic mass is 32.2. The number of carbonyl (C=O) groups is 1. The van der Waals surface area contributed by atoms with Gasteiger partial charge >= 0.3 is 5.97 Å². The predicted octanol–water partition coefficient (Wildman–Crippen LogP) is 1.65. The smallest absolute Gasteiger partial charge is 0.335 e. The Bertz CT molecular complexity index is 631. The van der Waals surface area contributed by atoms with E-state index in [9.17, 15) is 13.2 Å². The molecule has 0 amide bonds. The first-order valence-corrected chi connectivity index (χ1v) is 9.04. The molecule has 0 saturated heterocycles. The van der Waals surface area contributed by atoms with Gasteiger partial charge < -0.3 is 15.5 Å². The number of aromatic carboxylic acids is 1. The molecule has 0 aromatic heterocycles. The molecule has 0 saturated carbocycles. The molecule has 0 fully saturated rings. The maximum atomic E-state index is 12.4. The van der Waals surface area contributed by atoms with Gasteiger partial charge in [-0.3, -0.25) is 0 Å². The fraction of sp³-hybridized carbons (Fsp3) is 0.533. The number of nitrogens with one attached hydrogen (secondary N) is 2. The minimum atomic E-state index is -3.87. The predicted molar refractivity (Wildman–Crippen MR) is 88.3 cm³/mol. The van der Waals surface area contributed by atoms with Crippen LogP contribution in [0.1, 0.15) is 43.5 Å². The number of sulfonamides is 1. The monoisotopic (exact) mass is 344 g/mol. The molecular formula is C15H24N2O5S. The van der Waals surface area contributed by atoms with Crippen molar-refractivity contribution in [2.45, 2.75) is 44.0 Å². The van der Waals surface area contributed by atoms with Crippen molar-refractivity contribution >= 4 is 21.7 Å². The summed E-state index contributed by atoms with van der Waals surface area (Å²) in [5.74, 6) is -1.19. The summed E-state index contributed by atoms with van der Waals surface area (Å²) in [6.07, 6.45) is 2.09. The number of benzene rings is 1. The summed E-state index contributed by atoms with van der Waals surface area (Å²) in [7, 11) is -3.87. The summed E-state index contributed by atoms with van der Waals surface area (Å²) >= 11 is 0. The Morgan fingerprint density at radius 2 is 2.04 bits per heavy atom. The van der Waals surface area contributed by atoms with Crippen molar-refractivity contribution in [1.82, 2.24) is 4.72 Å². The van der Waals surface area contributed by atoms with E-state index in [0.29, 0.717) is 5.69 Å². The number of aliphatic hydroxyl groups is 1. The Hall–Kier alpha value is -1.64. The van der Waals surface area contributed by atoms with Gasteiger partial charge in [0.05, 0.1) is 11.3 Å². The molecule has 0 spiro atoms. The molecule has 7 nitrogen and oxygen atoms in total. The molecule has 1 unspecified atom stereocenters. The molecule has 8 heteroatoms. The average Bonchev–Trinajstić information content (AvgIpc) is 2.47. The Kier molecular flexibility index (Phi) is 7.47. The van der Waals surface area contributed by atoms with Gasteiger partial charge in [0.2, 0.25) is 10.0 Å². The first-order chi connectivity index (χ1) is 10.8. The molecule has 0 bridgehead atoms. The highest BCUT2D eigenvalue weighted by molar-refractivity contribution is 7.89. The Morgan fingerprint density at radius 3 is 2.61 bits per heavy atom. The number of carboxylic acids is 1. The van der Waals surface area contributed by atoms with Crippen LogP contribution in [-0.2, 0) is 10.0 Å². The van der Waals surface area contributed by atoms with Gasteiger partial charge in [-0.25, -0.2) is 17.9 Å². The van der Waals surface area contributed by atoms with Gasteiger partial charge in [-0.15, -0.1) is 0 Å². The summed E-state index contributed by atoms with van der Waals surface area (Å²) in [5, 5.41) is 20.9. The number of hydrogen-bond acceptors (Lipinski definition) is 5. The highest BCUT2D eigenvalue weighted by Gasteiger charge is 2.21. The Morgan fingerprint density at radius 1 is 1.35 bits per heavy atom. The molecule has 1 aromatic carbocycles. The van der Waals surface area contributed by atoms with E-state index in [1.807, 2.05) is 13.8 Å². The molecule has 4 N–H and O–H groups in total. The van der Waals surface area contributed by atoms with Crippen LogP contribution >= 0.6 is 0 Å². The second kappa shape index (κ2) is 8.85. The second-order valence-electron chi connectivity index (χ2n) is 5.33. The largest absolute Gasteiger partial charge is 0.478 e. The maximum Gasteiger partial charge on any atom is 0.335 e. The quantitative estimate of drug-likeness (QED) is 0.480. The van der Waals surface area contributed by atoms with Crippen molar-refractivity contribution in [3.8, 4) is 0 Å². The number of carboxylic acid groups (broad SMARTS) is 1. The molecule has 1 rings (SSSR count). The van der Waals surface area contributed by atoms with Gasteiger partial charge in [0.1, 0.15) is 4.90 Å². The molecule has 0 aliphatic rings. The molecule has 0 aliphatic carbocycles. The SMILES string of the molecule is CCCC(C)Nc1ccc(C(=O)O)cc1S(=O)(=O)NCCCO. The van der Waals surface area contributed by atoms with Gasteiger partial charge in [0, 0.05) is 19.2 Å². The Labute approximate surface area is 136 Å². The first kappa shape index (κ1) is 19.4. The maximum absolute atomic E-state index is 12.4. The summed E-state index contributed by atoms with van der Waals surface area (Å²) in [5.41, 5.74) is 0.272. The van der Waals surface area contributed by atoms with Crippen molar-refractivity contribution in [2.75, 3.05) is 18.5 Å². The van der Waals surface area contributed by atoms with E-state index in [4.69, 9.17) is 10.2 Å². The van der Waals surface area contributed by atoms with E-state index in [0.717, 1.165) is 18.9 Å². The fourth-order valence-electron chi connectivity index (χ4n) is 2.13. The van der Waals surface area contributed by atoms with Crippen LogP contribution in [0.5, 0.6) is 0 Å². The lowest BCUT2D eigenvalue weighted by molar-refractivity contribution is 0.0696. The summed E-state index contributed by atoms with van der Waals surface area (Å²) in [4.78, 5) is 11.0. The van der Waals surface area contributed by atoms with Gasteiger partial charge in [0.15, 0.2) is 0 Å². The van der Waals surface area contributed by atoms with Crippen LogP contribution in [0.2, 0.25) is 0 Å². The van der Waals surface area contributed by atoms with Crippen molar-refractivity contribution in [3.63, 3.8) is 0 Å². The van der Waals surface area contributed by atoms with Crippen LogP contribution in [-0.4, -0.2) is 43.8 Å². The van der Waals surface area contributed by atoms with Crippen LogP contribution in [0, 0.1) is 0 Å². The van der Waals surface area contributed by atoms with E-state index in [2.05, 4.69) is 10.0 Å². The number of hydrogen-bond donors (Lipinski definition) is 4. The summed E-state index contributed by atoms with van der Waals surface area (Å²) in [6, 6.07) is 4.04. The highest BCUT2D eigenvalue weighted by Crippen LogP contribution is 2.24. The van der Waals surface area contributed by atoms with E-state index in [-0.39, 0.29) is 36.1 Å². The summed E-state index contributed by atoms with van der Waals surface area (Å²) < 4.78 is 27.2. The van der Waals surface area contributed by atoms with Crippen molar-refractivity contribution < 1.29 is 23.4 Å². The molecule has 0 radical (unpaired) electrons. The summed E-state index contributed by atoms with van der Waals surface area (Å²) in [6.45, 7) is 3.92. The number of aliphatic hydroxyl groups excluding tert-OH is 1. The minimum absolute atomic E-state index is 0.0575. The molecule has 0 aliphatic heterocycles. The lowest BCUT2D eigenvalue weighted by Gasteiger charge is -2.18. The molecule has 0 heterocycles. The standard InChI is InChI=1S/C15H24N2O5S/c1-3-5-11(2)17-13-7-6-12(15(19)20)10-14(13)23(21,22)16-8-4-9-18/h6-7,10-11,16-18H,3-5,8-9H2,1-2H3,(H,19,20). The van der Waals surface area contributed by atoms with Gasteiger partial charge in [-0.05, 0) is 38.0 Å². The number of rotatable bonds is 10. The zero-order chi connectivity index (χ0) is 17.5. The normalized spacial score (nSPS) is 12.8. The van der Waals surface area contributed by atoms with Crippen LogP contribution in [0.15, 0.2) is 23.1 Å². The first-order valence-electron chi connectivity index (χ1n) is 7.56. The topological polar surface area (TPSA) is 116 Å². The zero-order valence-electron chi connectivity index (χ0n) is 13.4. The second-order valence-corrected chi connectivity index (χ2v) is 7.06. The molecule has 1 aromatic rings. The van der Waals surface area contributed by atoms with E-state index >= 15 is 0 Å². The zero-order valence-corrected chi connectivity index (χ0v) is 14.2. The third kappa shape index (κ3) is 5.81. The van der Waals surface area contributed by atoms with Crippen LogP contribution < -0.4 is 10.0 Å². The van der Waals surface area contributed by atoms with Crippen molar-refractivity contribution in [2.24, 2.45) is 0 Å². The van der Waals surface area contributed by atoms with E-state index < -0.39 is 16.0 Å².